The summed E-state index contributed by atoms with van der Waals surface area (Å²) >= 11 is 0. The summed E-state index contributed by atoms with van der Waals surface area (Å²) in [6.07, 6.45) is 0.402. The minimum absolute atomic E-state index is 0.106. The number of rotatable bonds is 6. The third-order valence-electron chi connectivity index (χ3n) is 1.97. The van der Waals surface area contributed by atoms with Gasteiger partial charge in [-0.15, -0.1) is 0 Å². The van der Waals surface area contributed by atoms with Crippen LogP contribution in [0.25, 0.3) is 0 Å². The van der Waals surface area contributed by atoms with Crippen molar-refractivity contribution in [1.29, 1.82) is 5.41 Å². The van der Waals surface area contributed by atoms with E-state index in [0.717, 1.165) is 0 Å². The van der Waals surface area contributed by atoms with Crippen LogP contribution in [0.2, 0.25) is 0 Å². The maximum Gasteiger partial charge on any atom is 0.126 e. The number of benzene rings is 1. The standard InChI is InChI=1S/C11H16N2O3/c1-14-8-5-9(15-2)7-10(6-8)16-4-3-11(12)13/h5-7H,3-4H2,1-2H3,(H3,12,13). The molecule has 88 valence electrons. The molecule has 0 amide bonds. The highest BCUT2D eigenvalue weighted by molar-refractivity contribution is 5.76. The van der Waals surface area contributed by atoms with Crippen molar-refractivity contribution in [3.05, 3.63) is 18.2 Å². The predicted octanol–water partition coefficient (Wildman–Crippen LogP) is 1.41. The zero-order chi connectivity index (χ0) is 12.0. The average molecular weight is 224 g/mol. The molecule has 1 aromatic carbocycles. The number of ether oxygens (including phenoxy) is 3. The number of methoxy groups -OCH3 is 2. The molecule has 0 saturated heterocycles. The van der Waals surface area contributed by atoms with E-state index >= 15 is 0 Å². The van der Waals surface area contributed by atoms with Crippen LogP contribution in [0.1, 0.15) is 6.42 Å². The van der Waals surface area contributed by atoms with Gasteiger partial charge in [-0.05, 0) is 0 Å². The second-order valence-corrected chi connectivity index (χ2v) is 3.17. The average Bonchev–Trinajstić information content (AvgIpc) is 2.28. The topological polar surface area (TPSA) is 77.6 Å². The van der Waals surface area contributed by atoms with Crippen LogP contribution >= 0.6 is 0 Å². The Morgan fingerprint density at radius 1 is 1.12 bits per heavy atom. The lowest BCUT2D eigenvalue weighted by Gasteiger charge is -2.09. The largest absolute Gasteiger partial charge is 0.496 e. The Morgan fingerprint density at radius 2 is 1.62 bits per heavy atom. The first kappa shape index (κ1) is 12.2. The van der Waals surface area contributed by atoms with Crippen molar-refractivity contribution in [2.75, 3.05) is 20.8 Å². The number of nitrogens with one attached hydrogen (secondary N) is 1. The normalized spacial score (nSPS) is 9.62. The van der Waals surface area contributed by atoms with E-state index in [9.17, 15) is 0 Å². The van der Waals surface area contributed by atoms with Crippen LogP contribution in [-0.4, -0.2) is 26.7 Å². The van der Waals surface area contributed by atoms with Crippen molar-refractivity contribution in [2.45, 2.75) is 6.42 Å². The van der Waals surface area contributed by atoms with E-state index in [4.69, 9.17) is 25.4 Å². The second kappa shape index (κ2) is 5.85. The summed E-state index contributed by atoms with van der Waals surface area (Å²) in [5.41, 5.74) is 5.22. The van der Waals surface area contributed by atoms with Gasteiger partial charge < -0.3 is 19.9 Å². The molecule has 0 radical (unpaired) electrons. The second-order valence-electron chi connectivity index (χ2n) is 3.17. The molecule has 0 aliphatic rings. The lowest BCUT2D eigenvalue weighted by molar-refractivity contribution is 0.321. The Balaban J connectivity index is 2.67. The fourth-order valence-corrected chi connectivity index (χ4v) is 1.14. The Labute approximate surface area is 94.6 Å². The third-order valence-corrected chi connectivity index (χ3v) is 1.97. The Bertz CT molecular complexity index is 344. The minimum Gasteiger partial charge on any atom is -0.496 e. The van der Waals surface area contributed by atoms with E-state index in [1.807, 2.05) is 0 Å². The van der Waals surface area contributed by atoms with Gasteiger partial charge in [-0.25, -0.2) is 0 Å². The first-order chi connectivity index (χ1) is 7.65. The van der Waals surface area contributed by atoms with Gasteiger partial charge in [-0.3, -0.25) is 5.41 Å². The van der Waals surface area contributed by atoms with E-state index < -0.39 is 0 Å². The fourth-order valence-electron chi connectivity index (χ4n) is 1.14. The minimum atomic E-state index is 0.106. The SMILES string of the molecule is COc1cc(OC)cc(OCCC(=N)N)c1. The summed E-state index contributed by atoms with van der Waals surface area (Å²) in [5, 5.41) is 7.07. The molecule has 0 heterocycles. The highest BCUT2D eigenvalue weighted by Gasteiger charge is 2.02. The smallest absolute Gasteiger partial charge is 0.126 e. The number of amidine groups is 1. The molecule has 16 heavy (non-hydrogen) atoms. The van der Waals surface area contributed by atoms with Gasteiger partial charge in [-0.2, -0.15) is 0 Å². The summed E-state index contributed by atoms with van der Waals surface area (Å²) in [5.74, 6) is 2.07. The summed E-state index contributed by atoms with van der Waals surface area (Å²) < 4.78 is 15.6. The monoisotopic (exact) mass is 224 g/mol. The molecule has 3 N–H and O–H groups in total. The molecular weight excluding hydrogens is 208 g/mol. The molecule has 0 bridgehead atoms. The lowest BCUT2D eigenvalue weighted by atomic mass is 10.3. The highest BCUT2D eigenvalue weighted by atomic mass is 16.5. The zero-order valence-electron chi connectivity index (χ0n) is 9.45. The first-order valence-electron chi connectivity index (χ1n) is 4.84. The summed E-state index contributed by atoms with van der Waals surface area (Å²) in [7, 11) is 3.16. The summed E-state index contributed by atoms with van der Waals surface area (Å²) in [6, 6.07) is 5.27. The van der Waals surface area contributed by atoms with Gasteiger partial charge >= 0.3 is 0 Å². The molecule has 0 fully saturated rings. The van der Waals surface area contributed by atoms with Crippen molar-refractivity contribution in [2.24, 2.45) is 5.73 Å². The predicted molar refractivity (Wildman–Crippen MR) is 61.6 cm³/mol. The van der Waals surface area contributed by atoms with E-state index in [1.165, 1.54) is 0 Å². The van der Waals surface area contributed by atoms with Crippen LogP contribution in [0.3, 0.4) is 0 Å². The summed E-state index contributed by atoms with van der Waals surface area (Å²) in [6.45, 7) is 0.367. The van der Waals surface area contributed by atoms with Gasteiger partial charge in [0.15, 0.2) is 0 Å². The maximum atomic E-state index is 7.07. The zero-order valence-corrected chi connectivity index (χ0v) is 9.45. The van der Waals surface area contributed by atoms with Crippen LogP contribution in [0.4, 0.5) is 0 Å². The van der Waals surface area contributed by atoms with Crippen LogP contribution in [0.5, 0.6) is 17.2 Å². The third kappa shape index (κ3) is 3.68. The molecule has 0 saturated carbocycles. The number of hydrogen-bond acceptors (Lipinski definition) is 4. The number of nitrogens with two attached hydrogens (primary N) is 1. The summed E-state index contributed by atoms with van der Waals surface area (Å²) in [4.78, 5) is 0. The van der Waals surface area contributed by atoms with Gasteiger partial charge in [0.25, 0.3) is 0 Å². The molecule has 0 aromatic heterocycles. The maximum absolute atomic E-state index is 7.07. The van der Waals surface area contributed by atoms with E-state index in [2.05, 4.69) is 0 Å². The van der Waals surface area contributed by atoms with Crippen LogP contribution in [0, 0.1) is 5.41 Å². The molecule has 0 atom stereocenters. The van der Waals surface area contributed by atoms with E-state index in [0.29, 0.717) is 30.3 Å². The Hall–Kier alpha value is -1.91. The van der Waals surface area contributed by atoms with Gasteiger partial charge in [0, 0.05) is 24.6 Å². The van der Waals surface area contributed by atoms with Crippen molar-refractivity contribution in [1.82, 2.24) is 0 Å². The van der Waals surface area contributed by atoms with Crippen LogP contribution in [0.15, 0.2) is 18.2 Å². The molecular formula is C11H16N2O3. The molecule has 0 aliphatic heterocycles. The van der Waals surface area contributed by atoms with Crippen molar-refractivity contribution in [3.63, 3.8) is 0 Å². The van der Waals surface area contributed by atoms with E-state index in [1.54, 1.807) is 32.4 Å². The first-order valence-corrected chi connectivity index (χ1v) is 4.84. The highest BCUT2D eigenvalue weighted by Crippen LogP contribution is 2.27. The van der Waals surface area contributed by atoms with Gasteiger partial charge in [-0.1, -0.05) is 0 Å². The molecule has 1 aromatic rings. The lowest BCUT2D eigenvalue weighted by Crippen LogP contribution is -2.13. The Kier molecular flexibility index (Phi) is 4.44. The molecule has 0 unspecified atom stereocenters. The molecule has 5 heteroatoms. The Morgan fingerprint density at radius 3 is 2.06 bits per heavy atom. The quantitative estimate of drug-likeness (QED) is 0.565. The van der Waals surface area contributed by atoms with Gasteiger partial charge in [0.1, 0.15) is 17.2 Å². The van der Waals surface area contributed by atoms with Crippen LogP contribution < -0.4 is 19.9 Å². The van der Waals surface area contributed by atoms with Crippen molar-refractivity contribution < 1.29 is 14.2 Å². The van der Waals surface area contributed by atoms with Crippen molar-refractivity contribution >= 4 is 5.84 Å². The molecule has 1 rings (SSSR count). The molecule has 0 aliphatic carbocycles. The molecule has 5 nitrogen and oxygen atoms in total. The number of hydrogen-bond donors (Lipinski definition) is 2. The van der Waals surface area contributed by atoms with Gasteiger partial charge in [0.05, 0.1) is 26.7 Å². The fraction of sp³-hybridized carbons (Fsp3) is 0.364. The van der Waals surface area contributed by atoms with Crippen molar-refractivity contribution in [3.8, 4) is 17.2 Å². The molecule has 0 spiro atoms. The van der Waals surface area contributed by atoms with E-state index in [-0.39, 0.29) is 5.84 Å². The van der Waals surface area contributed by atoms with Gasteiger partial charge in [0.2, 0.25) is 0 Å². The van der Waals surface area contributed by atoms with Crippen LogP contribution in [-0.2, 0) is 0 Å².